The number of para-hydroxylation sites is 1. The number of benzene rings is 1. The number of hydrogen-bond acceptors (Lipinski definition) is 3. The fourth-order valence-electron chi connectivity index (χ4n) is 1.27. The van der Waals surface area contributed by atoms with Crippen LogP contribution in [0.4, 0.5) is 0 Å². The molecule has 1 unspecified atom stereocenters. The quantitative estimate of drug-likeness (QED) is 0.578. The topological polar surface area (TPSA) is 38.5 Å². The van der Waals surface area contributed by atoms with E-state index in [0.29, 0.717) is 0 Å². The van der Waals surface area contributed by atoms with E-state index in [0.717, 1.165) is 17.9 Å². The van der Waals surface area contributed by atoms with Gasteiger partial charge in [0.1, 0.15) is 0 Å². The maximum atomic E-state index is 5.91. The predicted molar refractivity (Wildman–Crippen MR) is 54.7 cm³/mol. The third-order valence-corrected chi connectivity index (χ3v) is 2.45. The van der Waals surface area contributed by atoms with Crippen LogP contribution in [-0.2, 0) is 0 Å². The molecule has 0 saturated heterocycles. The van der Waals surface area contributed by atoms with Crippen molar-refractivity contribution in [2.24, 2.45) is 5.73 Å². The van der Waals surface area contributed by atoms with Crippen molar-refractivity contribution in [1.29, 1.82) is 0 Å². The summed E-state index contributed by atoms with van der Waals surface area (Å²) >= 11 is 2.10. The van der Waals surface area contributed by atoms with Crippen LogP contribution in [0.2, 0.25) is 0 Å². The molecule has 1 aromatic rings. The smallest absolute Gasteiger partial charge is 0.153 e. The van der Waals surface area contributed by atoms with Crippen LogP contribution in [0.5, 0.6) is 5.75 Å². The van der Waals surface area contributed by atoms with Crippen LogP contribution in [0.25, 0.3) is 0 Å². The molecule has 3 nitrogen and oxygen atoms in total. The average Bonchev–Trinajstić information content (AvgIpc) is 2.04. The summed E-state index contributed by atoms with van der Waals surface area (Å²) in [4.78, 5) is 5.44. The third-order valence-electron chi connectivity index (χ3n) is 1.86. The lowest BCUT2D eigenvalue weighted by atomic mass is 10.1. The number of rotatable bonds is 0. The zero-order valence-electron chi connectivity index (χ0n) is 6.40. The summed E-state index contributed by atoms with van der Waals surface area (Å²) in [6.07, 6.45) is 0. The molecule has 0 spiro atoms. The molecule has 0 radical (unpaired) electrons. The average molecular weight is 276 g/mol. The highest BCUT2D eigenvalue weighted by atomic mass is 127. The Morgan fingerprint density at radius 1 is 1.50 bits per heavy atom. The maximum Gasteiger partial charge on any atom is 0.153 e. The standard InChI is InChI=1S/C8H9IN2O/c9-11-5-7(10)6-3-1-2-4-8(6)12-11/h1-4,7H,5,10H2. The van der Waals surface area contributed by atoms with E-state index in [-0.39, 0.29) is 6.04 Å². The lowest BCUT2D eigenvalue weighted by Crippen LogP contribution is -2.32. The Bertz CT molecular complexity index is 292. The molecule has 1 aromatic carbocycles. The number of hydrogen-bond donors (Lipinski definition) is 1. The van der Waals surface area contributed by atoms with Crippen LogP contribution in [0.1, 0.15) is 11.6 Å². The zero-order valence-corrected chi connectivity index (χ0v) is 8.56. The first-order valence-electron chi connectivity index (χ1n) is 3.73. The first-order chi connectivity index (χ1) is 5.77. The molecular formula is C8H9IN2O. The lowest BCUT2D eigenvalue weighted by Gasteiger charge is -2.27. The van der Waals surface area contributed by atoms with Gasteiger partial charge < -0.3 is 10.6 Å². The van der Waals surface area contributed by atoms with Gasteiger partial charge in [-0.3, -0.25) is 0 Å². The Morgan fingerprint density at radius 3 is 3.08 bits per heavy atom. The Kier molecular flexibility index (Phi) is 2.20. The Morgan fingerprint density at radius 2 is 2.25 bits per heavy atom. The van der Waals surface area contributed by atoms with Gasteiger partial charge in [0.15, 0.2) is 5.75 Å². The van der Waals surface area contributed by atoms with Crippen molar-refractivity contribution in [3.05, 3.63) is 29.8 Å². The molecule has 64 valence electrons. The van der Waals surface area contributed by atoms with Crippen molar-refractivity contribution in [3.8, 4) is 5.75 Å². The summed E-state index contributed by atoms with van der Waals surface area (Å²) < 4.78 is 1.73. The third kappa shape index (κ3) is 1.41. The van der Waals surface area contributed by atoms with Crippen LogP contribution < -0.4 is 10.6 Å². The first kappa shape index (κ1) is 8.28. The molecule has 0 fully saturated rings. The van der Waals surface area contributed by atoms with E-state index in [1.807, 2.05) is 24.3 Å². The van der Waals surface area contributed by atoms with Crippen LogP contribution in [0.3, 0.4) is 0 Å². The van der Waals surface area contributed by atoms with Crippen molar-refractivity contribution in [1.82, 2.24) is 3.28 Å². The molecule has 2 N–H and O–H groups in total. The number of nitrogens with two attached hydrogens (primary N) is 1. The van der Waals surface area contributed by atoms with Gasteiger partial charge in [-0.15, -0.1) is 0 Å². The van der Waals surface area contributed by atoms with Crippen molar-refractivity contribution < 1.29 is 4.84 Å². The molecule has 1 atom stereocenters. The second-order valence-electron chi connectivity index (χ2n) is 2.74. The summed E-state index contributed by atoms with van der Waals surface area (Å²) in [5.41, 5.74) is 7.00. The SMILES string of the molecule is NC1CN(I)Oc2ccccc21. The van der Waals surface area contributed by atoms with Crippen molar-refractivity contribution in [3.63, 3.8) is 0 Å². The molecule has 0 bridgehead atoms. The fraction of sp³-hybridized carbons (Fsp3) is 0.250. The first-order valence-corrected chi connectivity index (χ1v) is 4.69. The van der Waals surface area contributed by atoms with E-state index in [1.165, 1.54) is 0 Å². The molecule has 4 heteroatoms. The lowest BCUT2D eigenvalue weighted by molar-refractivity contribution is 0.0501. The van der Waals surface area contributed by atoms with E-state index in [2.05, 4.69) is 22.9 Å². The minimum atomic E-state index is 0.0619. The highest BCUT2D eigenvalue weighted by Gasteiger charge is 2.21. The van der Waals surface area contributed by atoms with Gasteiger partial charge in [0.25, 0.3) is 0 Å². The van der Waals surface area contributed by atoms with E-state index in [1.54, 1.807) is 3.28 Å². The van der Waals surface area contributed by atoms with Gasteiger partial charge in [0.2, 0.25) is 0 Å². The summed E-state index contributed by atoms with van der Waals surface area (Å²) in [5, 5.41) is 0. The second-order valence-corrected chi connectivity index (χ2v) is 3.81. The molecule has 2 rings (SSSR count). The van der Waals surface area contributed by atoms with Crippen LogP contribution in [0, 0.1) is 0 Å². The number of fused-ring (bicyclic) bond motifs is 1. The molecule has 1 aliphatic heterocycles. The van der Waals surface area contributed by atoms with E-state index in [4.69, 9.17) is 10.6 Å². The van der Waals surface area contributed by atoms with E-state index >= 15 is 0 Å². The fourth-order valence-corrected chi connectivity index (χ4v) is 1.90. The molecule has 1 heterocycles. The molecule has 0 aromatic heterocycles. The van der Waals surface area contributed by atoms with E-state index in [9.17, 15) is 0 Å². The Labute approximate surface area is 84.9 Å². The highest BCUT2D eigenvalue weighted by molar-refractivity contribution is 14.1. The van der Waals surface area contributed by atoms with Crippen LogP contribution in [-0.4, -0.2) is 9.82 Å². The van der Waals surface area contributed by atoms with Crippen LogP contribution in [0.15, 0.2) is 24.3 Å². The molecule has 12 heavy (non-hydrogen) atoms. The summed E-state index contributed by atoms with van der Waals surface area (Å²) in [6, 6.07) is 7.92. The Balaban J connectivity index is 2.40. The van der Waals surface area contributed by atoms with Gasteiger partial charge in [-0.1, -0.05) is 21.5 Å². The monoisotopic (exact) mass is 276 g/mol. The van der Waals surface area contributed by atoms with Crippen molar-refractivity contribution in [2.75, 3.05) is 6.54 Å². The van der Waals surface area contributed by atoms with Gasteiger partial charge >= 0.3 is 0 Å². The maximum absolute atomic E-state index is 5.91. The molecule has 1 aliphatic rings. The predicted octanol–water partition coefficient (Wildman–Crippen LogP) is 1.65. The summed E-state index contributed by atoms with van der Waals surface area (Å²) in [6.45, 7) is 0.734. The molecule has 0 saturated carbocycles. The van der Waals surface area contributed by atoms with Crippen molar-refractivity contribution >= 4 is 22.9 Å². The van der Waals surface area contributed by atoms with Gasteiger partial charge in [-0.2, -0.15) is 0 Å². The zero-order chi connectivity index (χ0) is 8.55. The van der Waals surface area contributed by atoms with Gasteiger partial charge in [-0.25, -0.2) is 0 Å². The summed E-state index contributed by atoms with van der Waals surface area (Å²) in [7, 11) is 0. The summed E-state index contributed by atoms with van der Waals surface area (Å²) in [5.74, 6) is 0.866. The molecular weight excluding hydrogens is 267 g/mol. The number of hydroxylamine groups is 1. The van der Waals surface area contributed by atoms with Gasteiger partial charge in [-0.05, 0) is 6.07 Å². The molecule has 0 amide bonds. The van der Waals surface area contributed by atoms with Crippen molar-refractivity contribution in [2.45, 2.75) is 6.04 Å². The molecule has 0 aliphatic carbocycles. The largest absolute Gasteiger partial charge is 0.396 e. The second kappa shape index (κ2) is 3.20. The Hall–Kier alpha value is -0.330. The minimum Gasteiger partial charge on any atom is -0.396 e. The normalized spacial score (nSPS) is 23.0. The van der Waals surface area contributed by atoms with E-state index < -0.39 is 0 Å². The van der Waals surface area contributed by atoms with Crippen LogP contribution >= 0.6 is 22.9 Å². The number of halogens is 1. The van der Waals surface area contributed by atoms with Gasteiger partial charge in [0, 0.05) is 5.56 Å². The number of nitrogens with zero attached hydrogens (tertiary/aromatic N) is 1. The highest BCUT2D eigenvalue weighted by Crippen LogP contribution is 2.30. The van der Waals surface area contributed by atoms with Gasteiger partial charge in [0.05, 0.1) is 35.5 Å². The minimum absolute atomic E-state index is 0.0619.